The van der Waals surface area contributed by atoms with Gasteiger partial charge in [0.1, 0.15) is 16.3 Å². The van der Waals surface area contributed by atoms with Gasteiger partial charge in [0.2, 0.25) is 0 Å². The van der Waals surface area contributed by atoms with Gasteiger partial charge in [-0.2, -0.15) is 0 Å². The lowest BCUT2D eigenvalue weighted by Crippen LogP contribution is -2.48. The number of carboxylic acid groups (broad SMARTS) is 1. The summed E-state index contributed by atoms with van der Waals surface area (Å²) in [4.78, 5) is 22.3. The maximum atomic E-state index is 13.3. The molecular weight excluding hydrogens is 231 g/mol. The number of halogens is 1. The largest absolute Gasteiger partial charge is 0.480 e. The Morgan fingerprint density at radius 2 is 2.00 bits per heavy atom. The van der Waals surface area contributed by atoms with Crippen LogP contribution in [-0.4, -0.2) is 21.6 Å². The Balaban J connectivity index is 2.23. The predicted octanol–water partition coefficient (Wildman–Crippen LogP) is 2.10. The topological polar surface area (TPSA) is 54.4 Å². The monoisotopic (exact) mass is 240 g/mol. The van der Waals surface area contributed by atoms with E-state index >= 15 is 0 Å². The summed E-state index contributed by atoms with van der Waals surface area (Å²) in [7, 11) is 0. The van der Waals surface area contributed by atoms with E-state index in [1.807, 2.05) is 0 Å². The van der Waals surface area contributed by atoms with Gasteiger partial charge in [0.25, 0.3) is 0 Å². The second-order valence-corrected chi connectivity index (χ2v) is 5.15. The van der Waals surface area contributed by atoms with E-state index in [4.69, 9.17) is 5.11 Å². The minimum atomic E-state index is -1.17. The lowest BCUT2D eigenvalue weighted by atomic mass is 9.83. The minimum absolute atomic E-state index is 0.0265. The van der Waals surface area contributed by atoms with Gasteiger partial charge in [-0.1, -0.05) is 12.1 Å². The second kappa shape index (κ2) is 3.90. The summed E-state index contributed by atoms with van der Waals surface area (Å²) in [6.07, 6.45) is -0.0529. The van der Waals surface area contributed by atoms with Crippen molar-refractivity contribution in [3.8, 4) is 0 Å². The second-order valence-electron chi connectivity index (χ2n) is 3.72. The van der Waals surface area contributed by atoms with Gasteiger partial charge in [0.15, 0.2) is 0 Å². The van der Waals surface area contributed by atoms with Crippen molar-refractivity contribution >= 4 is 23.5 Å². The summed E-state index contributed by atoms with van der Waals surface area (Å²) in [5, 5.41) is 9.06. The number of Topliss-reactive ketones (excluding diaryl/α,β-unsaturated/α-hetero) is 1. The van der Waals surface area contributed by atoms with E-state index in [0.717, 1.165) is 11.8 Å². The summed E-state index contributed by atoms with van der Waals surface area (Å²) in [5.41, 5.74) is 0. The fraction of sp³-hybridized carbons (Fsp3) is 0.273. The van der Waals surface area contributed by atoms with Crippen molar-refractivity contribution in [2.75, 3.05) is 0 Å². The molecule has 2 rings (SSSR count). The molecule has 1 aromatic carbocycles. The van der Waals surface area contributed by atoms with Gasteiger partial charge in [-0.15, -0.1) is 11.8 Å². The fourth-order valence-electron chi connectivity index (χ4n) is 1.59. The summed E-state index contributed by atoms with van der Waals surface area (Å²) < 4.78 is 12.2. The summed E-state index contributed by atoms with van der Waals surface area (Å²) >= 11 is 0.921. The molecule has 1 N–H and O–H groups in total. The average Bonchev–Trinajstić information content (AvgIpc) is 2.18. The van der Waals surface area contributed by atoms with Crippen LogP contribution in [-0.2, 0) is 9.59 Å². The number of carbonyl (C=O) groups is 2. The zero-order valence-corrected chi connectivity index (χ0v) is 9.09. The standard InChI is InChI=1S/C11H9FO3S/c12-8-3-1-2-4-9(8)16-11(10(14)15)5-7(13)6-11/h1-4H,5-6H2,(H,14,15). The van der Waals surface area contributed by atoms with Gasteiger partial charge in [0.05, 0.1) is 0 Å². The highest BCUT2D eigenvalue weighted by atomic mass is 32.2. The normalized spacial score (nSPS) is 17.9. The molecule has 0 aromatic heterocycles. The number of ketones is 1. The van der Waals surface area contributed by atoms with Crippen molar-refractivity contribution < 1.29 is 19.1 Å². The van der Waals surface area contributed by atoms with Crippen molar-refractivity contribution in [2.45, 2.75) is 22.5 Å². The van der Waals surface area contributed by atoms with Crippen molar-refractivity contribution in [3.05, 3.63) is 30.1 Å². The highest BCUT2D eigenvalue weighted by Crippen LogP contribution is 2.46. The number of carbonyl (C=O) groups excluding carboxylic acids is 1. The van der Waals surface area contributed by atoms with E-state index < -0.39 is 16.5 Å². The zero-order chi connectivity index (χ0) is 11.8. The van der Waals surface area contributed by atoms with Gasteiger partial charge in [-0.3, -0.25) is 9.59 Å². The number of aliphatic carboxylic acids is 1. The Labute approximate surface area is 95.7 Å². The molecule has 84 valence electrons. The molecular formula is C11H9FO3S. The van der Waals surface area contributed by atoms with E-state index in [1.54, 1.807) is 12.1 Å². The van der Waals surface area contributed by atoms with E-state index in [0.29, 0.717) is 0 Å². The molecule has 1 aliphatic carbocycles. The summed E-state index contributed by atoms with van der Waals surface area (Å²) in [5.74, 6) is -1.60. The highest BCUT2D eigenvalue weighted by molar-refractivity contribution is 8.01. The Kier molecular flexibility index (Phi) is 2.71. The molecule has 0 unspecified atom stereocenters. The highest BCUT2D eigenvalue weighted by Gasteiger charge is 2.51. The van der Waals surface area contributed by atoms with Crippen LogP contribution >= 0.6 is 11.8 Å². The summed E-state index contributed by atoms with van der Waals surface area (Å²) in [6.45, 7) is 0. The molecule has 0 saturated heterocycles. The Hall–Kier alpha value is -1.36. The van der Waals surface area contributed by atoms with Crippen LogP contribution in [0.3, 0.4) is 0 Å². The van der Waals surface area contributed by atoms with Crippen LogP contribution in [0.2, 0.25) is 0 Å². The molecule has 0 spiro atoms. The maximum absolute atomic E-state index is 13.3. The molecule has 0 amide bonds. The molecule has 1 aliphatic rings. The van der Waals surface area contributed by atoms with E-state index in [-0.39, 0.29) is 23.5 Å². The maximum Gasteiger partial charge on any atom is 0.321 e. The predicted molar refractivity (Wildman–Crippen MR) is 56.9 cm³/mol. The zero-order valence-electron chi connectivity index (χ0n) is 8.27. The van der Waals surface area contributed by atoms with E-state index in [2.05, 4.69) is 0 Å². The first-order valence-electron chi connectivity index (χ1n) is 4.72. The Bertz CT molecular complexity index is 450. The number of rotatable bonds is 3. The van der Waals surface area contributed by atoms with Gasteiger partial charge >= 0.3 is 5.97 Å². The van der Waals surface area contributed by atoms with Crippen LogP contribution < -0.4 is 0 Å². The molecule has 0 aliphatic heterocycles. The number of thioether (sulfide) groups is 1. The molecule has 1 fully saturated rings. The number of carboxylic acids is 1. The van der Waals surface area contributed by atoms with Crippen LogP contribution in [0.5, 0.6) is 0 Å². The lowest BCUT2D eigenvalue weighted by Gasteiger charge is -2.35. The third-order valence-corrected chi connectivity index (χ3v) is 3.90. The lowest BCUT2D eigenvalue weighted by molar-refractivity contribution is -0.147. The molecule has 1 aromatic rings. The average molecular weight is 240 g/mol. The Morgan fingerprint density at radius 1 is 1.38 bits per heavy atom. The SMILES string of the molecule is O=C1CC(Sc2ccccc2F)(C(=O)O)C1. The van der Waals surface area contributed by atoms with Crippen molar-refractivity contribution in [3.63, 3.8) is 0 Å². The molecule has 3 nitrogen and oxygen atoms in total. The van der Waals surface area contributed by atoms with E-state index in [1.165, 1.54) is 12.1 Å². The quantitative estimate of drug-likeness (QED) is 0.879. The van der Waals surface area contributed by atoms with Gasteiger partial charge in [0, 0.05) is 17.7 Å². The first-order valence-corrected chi connectivity index (χ1v) is 5.54. The molecule has 5 heteroatoms. The van der Waals surface area contributed by atoms with Crippen LogP contribution in [0.1, 0.15) is 12.8 Å². The van der Waals surface area contributed by atoms with Crippen LogP contribution in [0, 0.1) is 5.82 Å². The molecule has 16 heavy (non-hydrogen) atoms. The fourth-order valence-corrected chi connectivity index (χ4v) is 2.88. The van der Waals surface area contributed by atoms with Crippen molar-refractivity contribution in [1.29, 1.82) is 0 Å². The molecule has 0 bridgehead atoms. The van der Waals surface area contributed by atoms with Crippen LogP contribution in [0.25, 0.3) is 0 Å². The van der Waals surface area contributed by atoms with Gasteiger partial charge in [-0.25, -0.2) is 4.39 Å². The molecule has 0 heterocycles. The molecule has 0 radical (unpaired) electrons. The number of hydrogen-bond acceptors (Lipinski definition) is 3. The first-order chi connectivity index (χ1) is 7.53. The number of hydrogen-bond donors (Lipinski definition) is 1. The Morgan fingerprint density at radius 3 is 2.50 bits per heavy atom. The van der Waals surface area contributed by atoms with Crippen LogP contribution in [0.15, 0.2) is 29.2 Å². The van der Waals surface area contributed by atoms with E-state index in [9.17, 15) is 14.0 Å². The summed E-state index contributed by atoms with van der Waals surface area (Å²) in [6, 6.07) is 5.98. The third-order valence-electron chi connectivity index (χ3n) is 2.50. The third kappa shape index (κ3) is 1.82. The van der Waals surface area contributed by atoms with Gasteiger partial charge in [-0.05, 0) is 12.1 Å². The molecule has 0 atom stereocenters. The first kappa shape index (κ1) is 11.1. The van der Waals surface area contributed by atoms with Crippen LogP contribution in [0.4, 0.5) is 4.39 Å². The number of benzene rings is 1. The van der Waals surface area contributed by atoms with Gasteiger partial charge < -0.3 is 5.11 Å². The van der Waals surface area contributed by atoms with Crippen molar-refractivity contribution in [2.24, 2.45) is 0 Å². The smallest absolute Gasteiger partial charge is 0.321 e. The van der Waals surface area contributed by atoms with Crippen molar-refractivity contribution in [1.82, 2.24) is 0 Å². The molecule has 1 saturated carbocycles. The minimum Gasteiger partial charge on any atom is -0.480 e.